The molecule has 1 N–H and O–H groups in total. The van der Waals surface area contributed by atoms with Crippen molar-refractivity contribution in [2.24, 2.45) is 11.8 Å². The fraction of sp³-hybridized carbons (Fsp3) is 0.333. The van der Waals surface area contributed by atoms with Gasteiger partial charge in [0.25, 0.3) is 5.91 Å². The number of likely N-dealkylation sites (tertiary alicyclic amines) is 1. The lowest BCUT2D eigenvalue weighted by molar-refractivity contribution is -0.160. The first-order chi connectivity index (χ1) is 16.5. The highest BCUT2D eigenvalue weighted by atomic mass is 16.5. The van der Waals surface area contributed by atoms with E-state index in [0.29, 0.717) is 12.8 Å². The van der Waals surface area contributed by atoms with Gasteiger partial charge in [0.15, 0.2) is 6.61 Å². The number of esters is 1. The fourth-order valence-electron chi connectivity index (χ4n) is 4.59. The smallest absolute Gasteiger partial charge is 0.330 e. The van der Waals surface area contributed by atoms with Gasteiger partial charge in [-0.05, 0) is 30.9 Å². The molecule has 0 radical (unpaired) electrons. The predicted octanol–water partition coefficient (Wildman–Crippen LogP) is 2.97. The zero-order chi connectivity index (χ0) is 24.1. The molecule has 3 amide bonds. The van der Waals surface area contributed by atoms with Crippen LogP contribution in [0.1, 0.15) is 36.9 Å². The van der Waals surface area contributed by atoms with Gasteiger partial charge >= 0.3 is 5.97 Å². The minimum absolute atomic E-state index is 0.131. The van der Waals surface area contributed by atoms with E-state index in [4.69, 9.17) is 4.74 Å². The minimum Gasteiger partial charge on any atom is -0.454 e. The number of ether oxygens (including phenoxy) is 1. The van der Waals surface area contributed by atoms with E-state index in [2.05, 4.69) is 5.32 Å². The van der Waals surface area contributed by atoms with Crippen LogP contribution in [0.25, 0.3) is 0 Å². The molecule has 0 unspecified atom stereocenters. The minimum atomic E-state index is -1.12. The summed E-state index contributed by atoms with van der Waals surface area (Å²) in [5, 5.41) is 2.80. The number of carbonyl (C=O) groups is 4. The van der Waals surface area contributed by atoms with Gasteiger partial charge in [-0.3, -0.25) is 19.3 Å². The van der Waals surface area contributed by atoms with Crippen LogP contribution >= 0.6 is 0 Å². The average Bonchev–Trinajstić information content (AvgIpc) is 3.12. The van der Waals surface area contributed by atoms with Crippen molar-refractivity contribution in [3.8, 4) is 0 Å². The van der Waals surface area contributed by atoms with Crippen LogP contribution in [0.2, 0.25) is 0 Å². The van der Waals surface area contributed by atoms with Crippen molar-refractivity contribution in [3.05, 3.63) is 83.9 Å². The second-order valence-corrected chi connectivity index (χ2v) is 8.72. The summed E-state index contributed by atoms with van der Waals surface area (Å²) in [7, 11) is 0. The van der Waals surface area contributed by atoms with Crippen molar-refractivity contribution in [1.29, 1.82) is 0 Å². The van der Waals surface area contributed by atoms with Crippen LogP contribution < -0.4 is 5.32 Å². The molecule has 7 heteroatoms. The first-order valence-corrected chi connectivity index (χ1v) is 11.5. The van der Waals surface area contributed by atoms with E-state index in [1.54, 1.807) is 0 Å². The van der Waals surface area contributed by atoms with Crippen LogP contribution in [0.5, 0.6) is 0 Å². The lowest BCUT2D eigenvalue weighted by atomic mass is 9.85. The van der Waals surface area contributed by atoms with Crippen LogP contribution in [0.15, 0.2) is 72.8 Å². The molecule has 0 bridgehead atoms. The van der Waals surface area contributed by atoms with Gasteiger partial charge in [0.1, 0.15) is 6.04 Å². The van der Waals surface area contributed by atoms with E-state index >= 15 is 0 Å². The number of imide groups is 1. The Morgan fingerprint density at radius 3 is 2.09 bits per heavy atom. The molecular formula is C27H28N2O5. The van der Waals surface area contributed by atoms with Gasteiger partial charge in [-0.2, -0.15) is 0 Å². The van der Waals surface area contributed by atoms with Gasteiger partial charge < -0.3 is 10.1 Å². The Balaban J connectivity index is 1.45. The topological polar surface area (TPSA) is 92.8 Å². The highest BCUT2D eigenvalue weighted by Crippen LogP contribution is 2.36. The van der Waals surface area contributed by atoms with Crippen molar-refractivity contribution in [2.45, 2.75) is 38.3 Å². The second kappa shape index (κ2) is 10.5. The van der Waals surface area contributed by atoms with Crippen LogP contribution in [-0.2, 0) is 30.3 Å². The van der Waals surface area contributed by atoms with E-state index < -0.39 is 36.4 Å². The maximum absolute atomic E-state index is 13.1. The van der Waals surface area contributed by atoms with Gasteiger partial charge in [0.05, 0.1) is 17.9 Å². The number of hydrogen-bond acceptors (Lipinski definition) is 5. The first kappa shape index (κ1) is 23.4. The molecule has 1 aliphatic carbocycles. The number of amides is 3. The van der Waals surface area contributed by atoms with Crippen LogP contribution in [0.4, 0.5) is 0 Å². The summed E-state index contributed by atoms with van der Waals surface area (Å²) in [6.45, 7) is 1.34. The summed E-state index contributed by atoms with van der Waals surface area (Å²) < 4.78 is 5.32. The zero-order valence-electron chi connectivity index (χ0n) is 19.1. The molecule has 2 aromatic rings. The first-order valence-electron chi connectivity index (χ1n) is 11.5. The second-order valence-electron chi connectivity index (χ2n) is 8.72. The Hall–Kier alpha value is -3.74. The van der Waals surface area contributed by atoms with Crippen molar-refractivity contribution >= 4 is 23.7 Å². The Morgan fingerprint density at radius 1 is 0.941 bits per heavy atom. The zero-order valence-corrected chi connectivity index (χ0v) is 19.1. The molecule has 2 aromatic carbocycles. The maximum Gasteiger partial charge on any atom is 0.330 e. The molecule has 34 heavy (non-hydrogen) atoms. The quantitative estimate of drug-likeness (QED) is 0.371. The van der Waals surface area contributed by atoms with Crippen LogP contribution in [-0.4, -0.2) is 41.2 Å². The molecule has 7 nitrogen and oxygen atoms in total. The molecule has 4 atom stereocenters. The standard InChI is InChI=1S/C27H28N2O5/c1-18(20-12-6-3-7-13-20)28-24(30)17-34-27(33)23(16-19-10-4-2-5-11-19)29-25(31)21-14-8-9-15-22(21)26(29)32/h2-13,18,21-23H,14-17H2,1H3,(H,28,30)/t18-,21-,22+,23+/m0/s1. The molecule has 0 saturated carbocycles. The number of carbonyl (C=O) groups excluding carboxylic acids is 4. The summed E-state index contributed by atoms with van der Waals surface area (Å²) in [5.74, 6) is -2.81. The Kier molecular flexibility index (Phi) is 7.21. The third-order valence-electron chi connectivity index (χ3n) is 6.42. The third-order valence-corrected chi connectivity index (χ3v) is 6.42. The number of rotatable bonds is 8. The molecule has 4 rings (SSSR count). The molecule has 2 aliphatic rings. The van der Waals surface area contributed by atoms with Gasteiger partial charge in [-0.1, -0.05) is 72.8 Å². The van der Waals surface area contributed by atoms with Crippen LogP contribution in [0.3, 0.4) is 0 Å². The summed E-state index contributed by atoms with van der Waals surface area (Å²) in [6.07, 6.45) is 4.90. The highest BCUT2D eigenvalue weighted by molar-refractivity contribution is 6.08. The SMILES string of the molecule is C[C@H](NC(=O)COC(=O)[C@@H](Cc1ccccc1)N1C(=O)[C@H]2CC=CC[C@H]2C1=O)c1ccccc1. The summed E-state index contributed by atoms with van der Waals surface area (Å²) in [6, 6.07) is 17.2. The number of nitrogens with zero attached hydrogens (tertiary/aromatic N) is 1. The fourth-order valence-corrected chi connectivity index (χ4v) is 4.59. The molecule has 1 aliphatic heterocycles. The van der Waals surface area contributed by atoms with Crippen molar-refractivity contribution < 1.29 is 23.9 Å². The van der Waals surface area contributed by atoms with E-state index in [0.717, 1.165) is 16.0 Å². The molecule has 0 spiro atoms. The highest BCUT2D eigenvalue weighted by Gasteiger charge is 2.51. The Labute approximate surface area is 198 Å². The van der Waals surface area contributed by atoms with Crippen LogP contribution in [0, 0.1) is 11.8 Å². The Morgan fingerprint density at radius 2 is 1.50 bits per heavy atom. The van der Waals surface area contributed by atoms with Gasteiger partial charge in [0.2, 0.25) is 11.8 Å². The maximum atomic E-state index is 13.1. The summed E-state index contributed by atoms with van der Waals surface area (Å²) in [4.78, 5) is 52.8. The molecule has 0 aromatic heterocycles. The van der Waals surface area contributed by atoms with Gasteiger partial charge in [0, 0.05) is 6.42 Å². The normalized spacial score (nSPS) is 21.0. The molecule has 1 heterocycles. The van der Waals surface area contributed by atoms with Gasteiger partial charge in [-0.25, -0.2) is 4.79 Å². The largest absolute Gasteiger partial charge is 0.454 e. The third kappa shape index (κ3) is 5.09. The number of fused-ring (bicyclic) bond motifs is 1. The summed E-state index contributed by atoms with van der Waals surface area (Å²) >= 11 is 0. The average molecular weight is 461 g/mol. The molecular weight excluding hydrogens is 432 g/mol. The van der Waals surface area contributed by atoms with Crippen molar-refractivity contribution in [1.82, 2.24) is 10.2 Å². The van der Waals surface area contributed by atoms with Crippen molar-refractivity contribution in [3.63, 3.8) is 0 Å². The molecule has 1 fully saturated rings. The monoisotopic (exact) mass is 460 g/mol. The number of allylic oxidation sites excluding steroid dienone is 2. The molecule has 1 saturated heterocycles. The predicted molar refractivity (Wildman–Crippen MR) is 125 cm³/mol. The lowest BCUT2D eigenvalue weighted by Gasteiger charge is -2.25. The van der Waals surface area contributed by atoms with Crippen molar-refractivity contribution in [2.75, 3.05) is 6.61 Å². The Bertz CT molecular complexity index is 1060. The number of benzene rings is 2. The molecule has 176 valence electrons. The lowest BCUT2D eigenvalue weighted by Crippen LogP contribution is -2.48. The van der Waals surface area contributed by atoms with E-state index in [1.807, 2.05) is 79.7 Å². The number of nitrogens with one attached hydrogen (secondary N) is 1. The summed E-state index contributed by atoms with van der Waals surface area (Å²) in [5.41, 5.74) is 1.72. The van der Waals surface area contributed by atoms with Gasteiger partial charge in [-0.15, -0.1) is 0 Å². The van der Waals surface area contributed by atoms with E-state index in [9.17, 15) is 19.2 Å². The number of hydrogen-bond donors (Lipinski definition) is 1. The van der Waals surface area contributed by atoms with E-state index in [-0.39, 0.29) is 24.3 Å². The van der Waals surface area contributed by atoms with E-state index in [1.165, 1.54) is 0 Å².